The summed E-state index contributed by atoms with van der Waals surface area (Å²) >= 11 is 2.09. The molecule has 0 spiro atoms. The fourth-order valence-corrected chi connectivity index (χ4v) is 3.87. The molecule has 0 aromatic carbocycles. The van der Waals surface area contributed by atoms with Gasteiger partial charge in [-0.05, 0) is 58.6 Å². The number of thioether (sulfide) groups is 1. The van der Waals surface area contributed by atoms with E-state index in [0.29, 0.717) is 16.8 Å². The predicted octanol–water partition coefficient (Wildman–Crippen LogP) is 3.73. The standard InChI is InChI=1S/C16H35BN2S/c1-13(17)11-14(18(5)6)9-10-20-15(19(7)8)12-16(2,3)4/h13-15H,9-12H2,1-8H3. The van der Waals surface area contributed by atoms with E-state index >= 15 is 0 Å². The molecule has 118 valence electrons. The van der Waals surface area contributed by atoms with Gasteiger partial charge in [0.2, 0.25) is 0 Å². The van der Waals surface area contributed by atoms with Crippen LogP contribution in [0.5, 0.6) is 0 Å². The zero-order valence-corrected chi connectivity index (χ0v) is 15.8. The summed E-state index contributed by atoms with van der Waals surface area (Å²) in [5, 5.41) is 0.605. The van der Waals surface area contributed by atoms with Gasteiger partial charge in [-0.25, -0.2) is 0 Å². The summed E-state index contributed by atoms with van der Waals surface area (Å²) in [6.07, 6.45) is 3.53. The van der Waals surface area contributed by atoms with E-state index in [9.17, 15) is 0 Å². The van der Waals surface area contributed by atoms with Gasteiger partial charge in [-0.15, -0.1) is 11.8 Å². The van der Waals surface area contributed by atoms with Crippen molar-refractivity contribution in [1.82, 2.24) is 9.80 Å². The van der Waals surface area contributed by atoms with Crippen LogP contribution in [0.4, 0.5) is 0 Å². The molecule has 0 fully saturated rings. The lowest BCUT2D eigenvalue weighted by atomic mass is 9.83. The molecule has 4 heteroatoms. The molecule has 0 heterocycles. The van der Waals surface area contributed by atoms with Gasteiger partial charge in [-0.2, -0.15) is 0 Å². The fraction of sp³-hybridized carbons (Fsp3) is 1.00. The molecule has 2 nitrogen and oxygen atoms in total. The summed E-state index contributed by atoms with van der Waals surface area (Å²) < 4.78 is 0. The largest absolute Gasteiger partial charge is 0.306 e. The number of hydrogen-bond donors (Lipinski definition) is 0. The van der Waals surface area contributed by atoms with E-state index in [1.54, 1.807) is 0 Å². The van der Waals surface area contributed by atoms with E-state index in [1.165, 1.54) is 18.6 Å². The van der Waals surface area contributed by atoms with Crippen molar-refractivity contribution in [3.05, 3.63) is 0 Å². The summed E-state index contributed by atoms with van der Waals surface area (Å²) in [5.41, 5.74) is 0.384. The first-order valence-electron chi connectivity index (χ1n) is 7.73. The Kier molecular flexibility index (Phi) is 9.53. The number of rotatable bonds is 9. The molecule has 3 unspecified atom stereocenters. The van der Waals surface area contributed by atoms with Gasteiger partial charge in [-0.1, -0.05) is 33.5 Å². The highest BCUT2D eigenvalue weighted by Gasteiger charge is 2.21. The van der Waals surface area contributed by atoms with Crippen molar-refractivity contribution < 1.29 is 0 Å². The molecule has 0 aromatic rings. The number of hydrogen-bond acceptors (Lipinski definition) is 3. The Hall–Kier alpha value is 0.335. The topological polar surface area (TPSA) is 6.48 Å². The van der Waals surface area contributed by atoms with Crippen molar-refractivity contribution in [2.24, 2.45) is 5.41 Å². The Labute approximate surface area is 133 Å². The zero-order valence-electron chi connectivity index (χ0n) is 14.9. The lowest BCUT2D eigenvalue weighted by Crippen LogP contribution is -2.32. The minimum Gasteiger partial charge on any atom is -0.306 e. The van der Waals surface area contributed by atoms with Crippen molar-refractivity contribution in [3.63, 3.8) is 0 Å². The Morgan fingerprint density at radius 2 is 1.60 bits per heavy atom. The molecule has 20 heavy (non-hydrogen) atoms. The van der Waals surface area contributed by atoms with Crippen LogP contribution in [0.15, 0.2) is 0 Å². The maximum atomic E-state index is 5.95. The first kappa shape index (κ1) is 20.3. The quantitative estimate of drug-likeness (QED) is 0.473. The van der Waals surface area contributed by atoms with Crippen molar-refractivity contribution in [3.8, 4) is 0 Å². The molecule has 0 bridgehead atoms. The average molecular weight is 298 g/mol. The van der Waals surface area contributed by atoms with Crippen LogP contribution >= 0.6 is 11.8 Å². The van der Waals surface area contributed by atoms with Gasteiger partial charge >= 0.3 is 0 Å². The minimum absolute atomic E-state index is 0.284. The van der Waals surface area contributed by atoms with Crippen molar-refractivity contribution >= 4 is 19.6 Å². The minimum atomic E-state index is 0.284. The first-order chi connectivity index (χ1) is 9.03. The van der Waals surface area contributed by atoms with E-state index in [4.69, 9.17) is 7.85 Å². The molecule has 0 amide bonds. The van der Waals surface area contributed by atoms with Crippen LogP contribution in [-0.2, 0) is 0 Å². The molecule has 0 aliphatic rings. The Morgan fingerprint density at radius 3 is 1.95 bits per heavy atom. The summed E-state index contributed by atoms with van der Waals surface area (Å²) in [7, 11) is 14.7. The van der Waals surface area contributed by atoms with Gasteiger partial charge < -0.3 is 4.90 Å². The smallest absolute Gasteiger partial charge is 0.0696 e. The van der Waals surface area contributed by atoms with Crippen molar-refractivity contribution in [2.75, 3.05) is 33.9 Å². The predicted molar refractivity (Wildman–Crippen MR) is 95.9 cm³/mol. The first-order valence-corrected chi connectivity index (χ1v) is 8.78. The molecule has 0 aliphatic carbocycles. The van der Waals surface area contributed by atoms with Crippen LogP contribution in [0.1, 0.15) is 47.0 Å². The molecular weight excluding hydrogens is 263 g/mol. The molecule has 0 saturated heterocycles. The van der Waals surface area contributed by atoms with Gasteiger partial charge in [0.25, 0.3) is 0 Å². The maximum absolute atomic E-state index is 5.95. The molecule has 3 atom stereocenters. The summed E-state index contributed by atoms with van der Waals surface area (Å²) in [4.78, 5) is 4.67. The second kappa shape index (κ2) is 9.37. The molecule has 0 saturated carbocycles. The van der Waals surface area contributed by atoms with E-state index in [-0.39, 0.29) is 5.82 Å². The maximum Gasteiger partial charge on any atom is 0.0696 e. The summed E-state index contributed by atoms with van der Waals surface area (Å²) in [6, 6.07) is 0.597. The lowest BCUT2D eigenvalue weighted by Gasteiger charge is -2.32. The van der Waals surface area contributed by atoms with Crippen LogP contribution < -0.4 is 0 Å². The highest BCUT2D eigenvalue weighted by molar-refractivity contribution is 7.99. The highest BCUT2D eigenvalue weighted by atomic mass is 32.2. The van der Waals surface area contributed by atoms with Crippen LogP contribution in [0.25, 0.3) is 0 Å². The SMILES string of the molecule is [B]C(C)CC(CCSC(CC(C)(C)C)N(C)C)N(C)C. The van der Waals surface area contributed by atoms with Gasteiger partial charge in [0.1, 0.15) is 0 Å². The van der Waals surface area contributed by atoms with Gasteiger partial charge in [0.05, 0.1) is 13.2 Å². The average Bonchev–Trinajstić information content (AvgIpc) is 2.23. The third-order valence-electron chi connectivity index (χ3n) is 3.50. The van der Waals surface area contributed by atoms with E-state index in [2.05, 4.69) is 77.4 Å². The van der Waals surface area contributed by atoms with Crippen LogP contribution in [0.2, 0.25) is 5.82 Å². The second-order valence-electron chi connectivity index (χ2n) is 7.67. The highest BCUT2D eigenvalue weighted by Crippen LogP contribution is 2.30. The van der Waals surface area contributed by atoms with Gasteiger partial charge in [0.15, 0.2) is 0 Å². The van der Waals surface area contributed by atoms with Crippen LogP contribution in [0.3, 0.4) is 0 Å². The monoisotopic (exact) mass is 298 g/mol. The van der Waals surface area contributed by atoms with E-state index < -0.39 is 0 Å². The van der Waals surface area contributed by atoms with Gasteiger partial charge in [0, 0.05) is 6.04 Å². The van der Waals surface area contributed by atoms with Gasteiger partial charge in [-0.3, -0.25) is 4.90 Å². The Morgan fingerprint density at radius 1 is 1.05 bits per heavy atom. The third kappa shape index (κ3) is 10.1. The lowest BCUT2D eigenvalue weighted by molar-refractivity contribution is 0.266. The summed E-state index contributed by atoms with van der Waals surface area (Å²) in [6.45, 7) is 9.07. The Balaban J connectivity index is 4.27. The Bertz CT molecular complexity index is 249. The van der Waals surface area contributed by atoms with Crippen LogP contribution in [-0.4, -0.2) is 63.0 Å². The molecular formula is C16H35BN2S. The van der Waals surface area contributed by atoms with Crippen molar-refractivity contribution in [2.45, 2.75) is 64.2 Å². The molecule has 0 rings (SSSR count). The van der Waals surface area contributed by atoms with Crippen molar-refractivity contribution in [1.29, 1.82) is 0 Å². The fourth-order valence-electron chi connectivity index (χ4n) is 2.27. The molecule has 0 N–H and O–H groups in total. The van der Waals surface area contributed by atoms with E-state index in [1.807, 2.05) is 0 Å². The zero-order chi connectivity index (χ0) is 15.9. The summed E-state index contributed by atoms with van der Waals surface area (Å²) in [5.74, 6) is 1.49. The molecule has 0 aliphatic heterocycles. The second-order valence-corrected chi connectivity index (χ2v) is 8.96. The molecule has 0 aromatic heterocycles. The van der Waals surface area contributed by atoms with E-state index in [0.717, 1.165) is 6.42 Å². The molecule has 2 radical (unpaired) electrons. The normalized spacial score (nSPS) is 17.5. The van der Waals surface area contributed by atoms with Crippen LogP contribution in [0, 0.1) is 5.41 Å². The third-order valence-corrected chi connectivity index (χ3v) is 4.94. The number of nitrogens with zero attached hydrogens (tertiary/aromatic N) is 2.